The number of nitrogens with zero attached hydrogens (tertiary/aromatic N) is 3. The minimum atomic E-state index is -0.253. The molecule has 0 radical (unpaired) electrons. The summed E-state index contributed by atoms with van der Waals surface area (Å²) in [7, 11) is 0. The first-order valence-corrected chi connectivity index (χ1v) is 8.51. The Balaban J connectivity index is 1.87. The molecule has 0 saturated heterocycles. The second-order valence-corrected chi connectivity index (χ2v) is 6.40. The number of carbonyl (C=O) groups is 2. The topological polar surface area (TPSA) is 94.1 Å². The van der Waals surface area contributed by atoms with Gasteiger partial charge in [-0.15, -0.1) is 11.3 Å². The molecule has 0 aromatic carbocycles. The smallest absolute Gasteiger partial charge is 0.306 e. The molecule has 1 N–H and O–H groups in total. The van der Waals surface area contributed by atoms with Crippen LogP contribution in [0.2, 0.25) is 0 Å². The monoisotopic (exact) mass is 348 g/mol. The Kier molecular flexibility index (Phi) is 6.36. The number of nitrogens with one attached hydrogen (secondary N) is 1. The summed E-state index contributed by atoms with van der Waals surface area (Å²) in [5, 5.41) is 3.41. The van der Waals surface area contributed by atoms with E-state index in [9.17, 15) is 9.59 Å². The van der Waals surface area contributed by atoms with Crippen molar-refractivity contribution in [2.24, 2.45) is 0 Å². The van der Waals surface area contributed by atoms with Crippen LogP contribution in [0, 0.1) is 6.92 Å². The number of aryl methyl sites for hydroxylation is 1. The Morgan fingerprint density at radius 1 is 1.29 bits per heavy atom. The summed E-state index contributed by atoms with van der Waals surface area (Å²) in [5.41, 5.74) is 0.638. The van der Waals surface area contributed by atoms with Crippen LogP contribution in [0.1, 0.15) is 42.1 Å². The number of rotatable bonds is 7. The molecule has 0 aliphatic rings. The fourth-order valence-electron chi connectivity index (χ4n) is 1.95. The van der Waals surface area contributed by atoms with Crippen molar-refractivity contribution < 1.29 is 14.3 Å². The van der Waals surface area contributed by atoms with Gasteiger partial charge in [-0.05, 0) is 33.3 Å². The molecule has 0 spiro atoms. The van der Waals surface area contributed by atoms with Crippen molar-refractivity contribution in [3.8, 4) is 10.8 Å². The van der Waals surface area contributed by atoms with Crippen LogP contribution >= 0.6 is 11.3 Å². The van der Waals surface area contributed by atoms with Gasteiger partial charge in [-0.25, -0.2) is 15.0 Å². The molecule has 0 unspecified atom stereocenters. The molecule has 0 saturated carbocycles. The minimum Gasteiger partial charge on any atom is -0.463 e. The number of esters is 1. The number of hydrogen-bond donors (Lipinski definition) is 1. The summed E-state index contributed by atoms with van der Waals surface area (Å²) in [5.74, 6) is 0.0437. The molecular formula is C16H20N4O3S. The molecule has 0 aliphatic carbocycles. The zero-order chi connectivity index (χ0) is 17.5. The van der Waals surface area contributed by atoms with Gasteiger partial charge in [0, 0.05) is 25.4 Å². The van der Waals surface area contributed by atoms with Gasteiger partial charge in [-0.3, -0.25) is 9.59 Å². The van der Waals surface area contributed by atoms with Crippen molar-refractivity contribution in [2.75, 3.05) is 6.54 Å². The van der Waals surface area contributed by atoms with Gasteiger partial charge in [0.2, 0.25) is 0 Å². The van der Waals surface area contributed by atoms with Gasteiger partial charge in [0.1, 0.15) is 4.88 Å². The Morgan fingerprint density at radius 2 is 2.00 bits per heavy atom. The number of ether oxygens (including phenoxy) is 1. The van der Waals surface area contributed by atoms with Gasteiger partial charge < -0.3 is 10.1 Å². The van der Waals surface area contributed by atoms with Crippen LogP contribution in [0.3, 0.4) is 0 Å². The van der Waals surface area contributed by atoms with Gasteiger partial charge >= 0.3 is 5.97 Å². The summed E-state index contributed by atoms with van der Waals surface area (Å²) >= 11 is 1.25. The molecule has 2 heterocycles. The number of thiazole rings is 1. The highest BCUT2D eigenvalue weighted by Crippen LogP contribution is 2.24. The summed E-state index contributed by atoms with van der Waals surface area (Å²) in [6.45, 7) is 5.79. The summed E-state index contributed by atoms with van der Waals surface area (Å²) < 4.78 is 5.04. The maximum Gasteiger partial charge on any atom is 0.306 e. The van der Waals surface area contributed by atoms with Crippen molar-refractivity contribution in [3.63, 3.8) is 0 Å². The van der Waals surface area contributed by atoms with Crippen LogP contribution in [0.4, 0.5) is 0 Å². The predicted octanol–water partition coefficient (Wildman–Crippen LogP) is 2.37. The van der Waals surface area contributed by atoms with Gasteiger partial charge in [-0.1, -0.05) is 0 Å². The highest BCUT2D eigenvalue weighted by Gasteiger charge is 2.17. The van der Waals surface area contributed by atoms with Gasteiger partial charge in [-0.2, -0.15) is 0 Å². The van der Waals surface area contributed by atoms with E-state index in [-0.39, 0.29) is 24.4 Å². The first-order valence-electron chi connectivity index (χ1n) is 7.70. The second kappa shape index (κ2) is 8.49. The fraction of sp³-hybridized carbons (Fsp3) is 0.438. The zero-order valence-corrected chi connectivity index (χ0v) is 14.7. The Morgan fingerprint density at radius 3 is 2.67 bits per heavy atom. The molecule has 8 heteroatoms. The molecule has 0 atom stereocenters. The maximum absolute atomic E-state index is 12.2. The second-order valence-electron chi connectivity index (χ2n) is 5.40. The lowest BCUT2D eigenvalue weighted by atomic mass is 10.3. The van der Waals surface area contributed by atoms with Gasteiger partial charge in [0.05, 0.1) is 11.8 Å². The molecule has 0 fully saturated rings. The number of carbonyl (C=O) groups excluding carboxylic acids is 2. The molecule has 1 amide bonds. The zero-order valence-electron chi connectivity index (χ0n) is 13.9. The van der Waals surface area contributed by atoms with Crippen molar-refractivity contribution in [1.29, 1.82) is 0 Å². The lowest BCUT2D eigenvalue weighted by molar-refractivity contribution is -0.147. The Bertz CT molecular complexity index is 701. The molecule has 0 aliphatic heterocycles. The molecule has 0 bridgehead atoms. The average molecular weight is 348 g/mol. The number of aromatic nitrogens is 3. The van der Waals surface area contributed by atoms with Crippen molar-refractivity contribution >= 4 is 23.2 Å². The highest BCUT2D eigenvalue weighted by atomic mass is 32.1. The molecule has 2 rings (SSSR count). The number of amides is 1. The van der Waals surface area contributed by atoms with Crippen molar-refractivity contribution in [1.82, 2.24) is 20.3 Å². The van der Waals surface area contributed by atoms with E-state index in [1.807, 2.05) is 0 Å². The Labute approximate surface area is 144 Å². The van der Waals surface area contributed by atoms with E-state index in [1.54, 1.807) is 39.2 Å². The van der Waals surface area contributed by atoms with Gasteiger partial charge in [0.25, 0.3) is 5.91 Å². The molecule has 24 heavy (non-hydrogen) atoms. The van der Waals surface area contributed by atoms with Crippen LogP contribution in [-0.4, -0.2) is 39.5 Å². The van der Waals surface area contributed by atoms with E-state index >= 15 is 0 Å². The fourth-order valence-corrected chi connectivity index (χ4v) is 2.88. The SMILES string of the molecule is Cc1nc(-c2ncccn2)sc1C(=O)NCCCC(=O)OC(C)C. The molecular weight excluding hydrogens is 328 g/mol. The van der Waals surface area contributed by atoms with Crippen LogP contribution in [0.25, 0.3) is 10.8 Å². The minimum absolute atomic E-state index is 0.120. The molecule has 7 nitrogen and oxygen atoms in total. The van der Waals surface area contributed by atoms with Crippen molar-refractivity contribution in [3.05, 3.63) is 29.0 Å². The lowest BCUT2D eigenvalue weighted by Crippen LogP contribution is -2.25. The van der Waals surface area contributed by atoms with Crippen molar-refractivity contribution in [2.45, 2.75) is 39.7 Å². The quantitative estimate of drug-likeness (QED) is 0.610. The van der Waals surface area contributed by atoms with E-state index in [4.69, 9.17) is 4.74 Å². The third-order valence-electron chi connectivity index (χ3n) is 2.97. The van der Waals surface area contributed by atoms with E-state index in [0.29, 0.717) is 34.4 Å². The predicted molar refractivity (Wildman–Crippen MR) is 90.7 cm³/mol. The van der Waals surface area contributed by atoms with Crippen LogP contribution < -0.4 is 5.32 Å². The van der Waals surface area contributed by atoms with Crippen LogP contribution in [0.5, 0.6) is 0 Å². The first kappa shape index (κ1) is 18.0. The lowest BCUT2D eigenvalue weighted by Gasteiger charge is -2.08. The third kappa shape index (κ3) is 5.09. The van der Waals surface area contributed by atoms with Crippen LogP contribution in [-0.2, 0) is 9.53 Å². The number of hydrogen-bond acceptors (Lipinski definition) is 7. The normalized spacial score (nSPS) is 10.7. The maximum atomic E-state index is 12.2. The third-order valence-corrected chi connectivity index (χ3v) is 4.12. The average Bonchev–Trinajstić information content (AvgIpc) is 2.93. The van der Waals surface area contributed by atoms with E-state index in [2.05, 4.69) is 20.3 Å². The highest BCUT2D eigenvalue weighted by molar-refractivity contribution is 7.17. The van der Waals surface area contributed by atoms with E-state index < -0.39 is 0 Å². The largest absolute Gasteiger partial charge is 0.463 e. The van der Waals surface area contributed by atoms with Gasteiger partial charge in [0.15, 0.2) is 10.8 Å². The summed E-state index contributed by atoms with van der Waals surface area (Å²) in [6, 6.07) is 1.72. The van der Waals surface area contributed by atoms with E-state index in [1.165, 1.54) is 11.3 Å². The molecule has 128 valence electrons. The first-order chi connectivity index (χ1) is 11.5. The standard InChI is InChI=1S/C16H20N4O3S/c1-10(2)23-12(21)6-4-7-19-15(22)13-11(3)20-16(24-13)14-17-8-5-9-18-14/h5,8-10H,4,6-7H2,1-3H3,(H,19,22). The molecule has 2 aromatic heterocycles. The van der Waals surface area contributed by atoms with Crippen LogP contribution in [0.15, 0.2) is 18.5 Å². The Hall–Kier alpha value is -2.35. The summed E-state index contributed by atoms with van der Waals surface area (Å²) in [6.07, 6.45) is 3.96. The summed E-state index contributed by atoms with van der Waals surface area (Å²) in [4.78, 5) is 36.8. The van der Waals surface area contributed by atoms with E-state index in [0.717, 1.165) is 0 Å². The molecule has 2 aromatic rings.